The normalized spacial score (nSPS) is 10.7. The Morgan fingerprint density at radius 2 is 1.04 bits per heavy atom. The number of isothiocyanates is 1. The van der Waals surface area contributed by atoms with Crippen LogP contribution in [0.15, 0.2) is 145 Å². The Balaban J connectivity index is 0.000000335. The Morgan fingerprint density at radius 3 is 1.47 bits per heavy atom. The number of unbranched alkanes of at least 4 members (excludes halogenated alkanes) is 4. The molecule has 0 unspecified atom stereocenters. The second-order valence-corrected chi connectivity index (χ2v) is 17.9. The number of pyridine rings is 4. The van der Waals surface area contributed by atoms with E-state index in [9.17, 15) is 14.4 Å². The predicted molar refractivity (Wildman–Crippen MR) is 296 cm³/mol. The topological polar surface area (TPSA) is 216 Å². The molecule has 0 saturated carbocycles. The van der Waals surface area contributed by atoms with Crippen LogP contribution in [-0.4, -0.2) is 56.2 Å². The van der Waals surface area contributed by atoms with Crippen LogP contribution in [0.2, 0.25) is 0 Å². The largest absolute Gasteiger partial charge is 2.00 e. The fraction of sp³-hybridized carbons (Fsp3) is 0.241. The van der Waals surface area contributed by atoms with Crippen LogP contribution in [-0.2, 0) is 46.7 Å². The van der Waals surface area contributed by atoms with Gasteiger partial charge in [-0.3, -0.25) is 29.3 Å². The number of anilines is 3. The van der Waals surface area contributed by atoms with Gasteiger partial charge in [0.2, 0.25) is 0 Å². The number of carbonyl (C=O) groups is 3. The van der Waals surface area contributed by atoms with Crippen molar-refractivity contribution in [3.8, 4) is 51.2 Å². The number of nitrogens with one attached hydrogen (secondary N) is 2. The van der Waals surface area contributed by atoms with Gasteiger partial charge in [-0.15, -0.1) is 0 Å². The van der Waals surface area contributed by atoms with E-state index in [-0.39, 0.29) is 54.9 Å². The molecule has 0 fully saturated rings. The summed E-state index contributed by atoms with van der Waals surface area (Å²) in [6, 6.07) is 39.4. The molecule has 386 valence electrons. The maximum Gasteiger partial charge on any atom is 2.00 e. The number of ether oxygens (including phenoxy) is 3. The van der Waals surface area contributed by atoms with Crippen LogP contribution >= 0.6 is 12.2 Å². The van der Waals surface area contributed by atoms with Gasteiger partial charge in [0, 0.05) is 65.8 Å². The van der Waals surface area contributed by atoms with Gasteiger partial charge in [0.25, 0.3) is 19.4 Å². The fourth-order valence-electron chi connectivity index (χ4n) is 7.36. The molecule has 0 bridgehead atoms. The van der Waals surface area contributed by atoms with Crippen LogP contribution in [0.3, 0.4) is 0 Å². The number of nitrogens with zero attached hydrogens (tertiary/aromatic N) is 7. The summed E-state index contributed by atoms with van der Waals surface area (Å²) in [5, 5.41) is 16.7. The minimum Gasteiger partial charge on any atom is -0.753 e. The summed E-state index contributed by atoms with van der Waals surface area (Å²) in [6.07, 6.45) is 14.3. The van der Waals surface area contributed by atoms with Gasteiger partial charge in [-0.2, -0.15) is 5.16 Å². The Hall–Kier alpha value is -7.97. The summed E-state index contributed by atoms with van der Waals surface area (Å²) < 4.78 is 14.5. The zero-order valence-corrected chi connectivity index (χ0v) is 45.1. The molecule has 17 heteroatoms. The van der Waals surface area contributed by atoms with Crippen molar-refractivity contribution in [1.29, 1.82) is 5.41 Å². The molecule has 0 amide bonds. The quantitative estimate of drug-likeness (QED) is 0.0178. The smallest absolute Gasteiger partial charge is 0.753 e. The van der Waals surface area contributed by atoms with Crippen LogP contribution < -0.4 is 19.1 Å². The summed E-state index contributed by atoms with van der Waals surface area (Å²) in [6.45, 7) is 11.1. The third kappa shape index (κ3) is 18.5. The maximum absolute atomic E-state index is 10.8. The summed E-state index contributed by atoms with van der Waals surface area (Å²) in [4.78, 5) is 55.5. The number of aliphatic imine (C=N–C) groups is 1. The average Bonchev–Trinajstić information content (AvgIpc) is 3.40. The first-order chi connectivity index (χ1) is 35.8. The minimum atomic E-state index is -0.420. The van der Waals surface area contributed by atoms with E-state index < -0.39 is 5.41 Å². The minimum absolute atomic E-state index is 0. The fourth-order valence-corrected chi connectivity index (χ4v) is 7.36. The van der Waals surface area contributed by atoms with E-state index in [1.54, 1.807) is 6.20 Å². The molecule has 15 nitrogen and oxygen atoms in total. The van der Waals surface area contributed by atoms with Gasteiger partial charge in [0.05, 0.1) is 28.5 Å². The molecule has 2 N–H and O–H groups in total. The zero-order chi connectivity index (χ0) is 53.3. The standard InChI is InChI=1S/C39H48N5.C18H11N3O6.CNS.Ru/c1-6-8-10-12-29-14-20-33(21-15-29)44(34-22-16-30(17-23-34)13-11-9-7-2)35-24-18-31(19-25-35)32-26-27-42-36(28-32)37(40)43-38(41)39(3,4)5;22-9-25-12-1-3-19-15(5-12)17-7-14(27-11-24)8-18(21-17)16-6-13(26-10-23)2-4-20-16;2-1-3;/h14-28H,6-13H2,1-5H3,(H2-,40,41,43);1-11H;;/q-1;;-1;+2. The maximum atomic E-state index is 10.8. The second-order valence-electron chi connectivity index (χ2n) is 17.7. The molecule has 3 aromatic carbocycles. The van der Waals surface area contributed by atoms with E-state index in [0.29, 0.717) is 41.4 Å². The van der Waals surface area contributed by atoms with Crippen LogP contribution in [0.4, 0.5) is 17.1 Å². The van der Waals surface area contributed by atoms with E-state index >= 15 is 0 Å². The van der Waals surface area contributed by atoms with Crippen molar-refractivity contribution in [3.63, 3.8) is 0 Å². The second kappa shape index (κ2) is 30.9. The van der Waals surface area contributed by atoms with Gasteiger partial charge in [0.15, 0.2) is 0 Å². The first-order valence-electron chi connectivity index (χ1n) is 24.1. The van der Waals surface area contributed by atoms with Crippen LogP contribution in [0.1, 0.15) is 90.0 Å². The molecule has 0 atom stereocenters. The molecule has 0 saturated heterocycles. The van der Waals surface area contributed by atoms with E-state index in [4.69, 9.17) is 30.8 Å². The predicted octanol–water partition coefficient (Wildman–Crippen LogP) is 14.0. The molecule has 7 rings (SSSR count). The van der Waals surface area contributed by atoms with Crippen LogP contribution in [0, 0.1) is 10.8 Å². The number of rotatable bonds is 21. The molecule has 0 aliphatic carbocycles. The van der Waals surface area contributed by atoms with E-state index in [1.165, 1.54) is 104 Å². The first-order valence-corrected chi connectivity index (χ1v) is 24.5. The van der Waals surface area contributed by atoms with Gasteiger partial charge in [-0.1, -0.05) is 109 Å². The summed E-state index contributed by atoms with van der Waals surface area (Å²) in [5.41, 5.74) is 18.1. The number of aromatic nitrogens is 4. The SMILES string of the molecule is CCCCCc1ccc(N(c2ccc(CCCCC)cc2)c2ccc(-c3ccnc(C([NH-])=NC(=N)C(C)(C)C)c3)cc2)cc1.O=COc1ccnc(-c2cc(OC=O)cc(-c3cc(OC=O)ccn3)n2)c1.[N-]=C=S.[Ru+2]. The Kier molecular flexibility index (Phi) is 24.6. The summed E-state index contributed by atoms with van der Waals surface area (Å²) in [7, 11) is 0. The van der Waals surface area contributed by atoms with Crippen LogP contribution in [0.5, 0.6) is 17.2 Å². The van der Waals surface area contributed by atoms with E-state index in [2.05, 4.69) is 129 Å². The molecule has 0 aliphatic heterocycles. The molecule has 0 radical (unpaired) electrons. The molecule has 4 heterocycles. The summed E-state index contributed by atoms with van der Waals surface area (Å²) in [5.74, 6) is 0.934. The Labute approximate surface area is 456 Å². The van der Waals surface area contributed by atoms with Crippen molar-refractivity contribution in [2.24, 2.45) is 10.4 Å². The monoisotopic (exact) mass is 1110 g/mol. The van der Waals surface area contributed by atoms with Crippen molar-refractivity contribution in [3.05, 3.63) is 168 Å². The van der Waals surface area contributed by atoms with Crippen molar-refractivity contribution >= 4 is 65.5 Å². The van der Waals surface area contributed by atoms with Crippen molar-refractivity contribution in [2.45, 2.75) is 86.0 Å². The average molecular weight is 1110 g/mol. The number of aryl methyl sites for hydroxylation is 2. The summed E-state index contributed by atoms with van der Waals surface area (Å²) >= 11 is 3.70. The number of amidine groups is 2. The molecular formula is C58H59N9O6RuS. The van der Waals surface area contributed by atoms with Crippen molar-refractivity contribution in [2.75, 3.05) is 4.90 Å². The third-order valence-electron chi connectivity index (χ3n) is 11.3. The van der Waals surface area contributed by atoms with E-state index in [1.807, 2.05) is 32.9 Å². The zero-order valence-electron chi connectivity index (χ0n) is 42.5. The molecule has 0 aliphatic rings. The first kappa shape index (κ1) is 59.6. The molecule has 0 spiro atoms. The number of thiocarbonyl (C=S) groups is 1. The van der Waals surface area contributed by atoms with Crippen LogP contribution in [0.25, 0.3) is 45.0 Å². The third-order valence-corrected chi connectivity index (χ3v) is 11.3. The number of benzene rings is 3. The van der Waals surface area contributed by atoms with Gasteiger partial charge in [-0.05, 0) is 120 Å². The van der Waals surface area contributed by atoms with Gasteiger partial charge < -0.3 is 40.7 Å². The molecule has 4 aromatic heterocycles. The molecular weight excluding hydrogens is 1050 g/mol. The van der Waals surface area contributed by atoms with Crippen molar-refractivity contribution in [1.82, 2.24) is 19.9 Å². The molecule has 7 aromatic rings. The van der Waals surface area contributed by atoms with Gasteiger partial charge >= 0.3 is 19.5 Å². The Morgan fingerprint density at radius 1 is 0.627 bits per heavy atom. The molecule has 75 heavy (non-hydrogen) atoms. The van der Waals surface area contributed by atoms with E-state index in [0.717, 1.165) is 41.0 Å². The van der Waals surface area contributed by atoms with Gasteiger partial charge in [0.1, 0.15) is 17.2 Å². The number of hydrogen-bond acceptors (Lipinski definition) is 13. The van der Waals surface area contributed by atoms with Gasteiger partial charge in [-0.25, -0.2) is 4.98 Å². The Bertz CT molecular complexity index is 2890. The number of hydrogen-bond donors (Lipinski definition) is 1. The van der Waals surface area contributed by atoms with Crippen molar-refractivity contribution < 1.29 is 48.1 Å². The number of carbonyl (C=O) groups excluding carboxylic acids is 3.